The van der Waals surface area contributed by atoms with Crippen molar-refractivity contribution in [2.75, 3.05) is 11.9 Å². The number of benzene rings is 2. The lowest BCUT2D eigenvalue weighted by atomic mass is 10.1. The summed E-state index contributed by atoms with van der Waals surface area (Å²) in [5, 5.41) is 2.89. The van der Waals surface area contributed by atoms with E-state index in [2.05, 4.69) is 5.32 Å². The number of nitrogens with zero attached hydrogens (tertiary/aromatic N) is 1. The third-order valence-electron chi connectivity index (χ3n) is 4.14. The molecule has 1 heterocycles. The normalized spacial score (nSPS) is 14.6. The van der Waals surface area contributed by atoms with Crippen LogP contribution in [0.1, 0.15) is 34.5 Å². The second-order valence-corrected chi connectivity index (χ2v) is 5.72. The first-order valence-electron chi connectivity index (χ1n) is 7.41. The minimum Gasteiger partial charge on any atom is -0.346 e. The SMILES string of the molecule is C[C@H](NC(=O)c1ccc2c(c1)CC(=O)N2C)c1ccc(F)cc1. The molecule has 2 amide bonds. The standard InChI is InChI=1S/C18H17FN2O2/c1-11(12-3-6-15(19)7-4-12)20-18(23)13-5-8-16-14(9-13)10-17(22)21(16)2/h3-9,11H,10H2,1-2H3,(H,20,23)/t11-/m0/s1. The van der Waals surface area contributed by atoms with Gasteiger partial charge in [0, 0.05) is 18.3 Å². The van der Waals surface area contributed by atoms with Crippen LogP contribution < -0.4 is 10.2 Å². The van der Waals surface area contributed by atoms with E-state index in [4.69, 9.17) is 0 Å². The Morgan fingerprint density at radius 1 is 1.22 bits per heavy atom. The van der Waals surface area contributed by atoms with E-state index in [0.717, 1.165) is 16.8 Å². The highest BCUT2D eigenvalue weighted by atomic mass is 19.1. The molecule has 5 heteroatoms. The van der Waals surface area contributed by atoms with Gasteiger partial charge in [-0.2, -0.15) is 0 Å². The Kier molecular flexibility index (Phi) is 3.86. The molecular formula is C18H17FN2O2. The molecule has 0 saturated heterocycles. The van der Waals surface area contributed by atoms with Gasteiger partial charge in [-0.05, 0) is 48.4 Å². The number of hydrogen-bond donors (Lipinski definition) is 1. The van der Waals surface area contributed by atoms with Crippen molar-refractivity contribution in [1.82, 2.24) is 5.32 Å². The molecule has 2 aromatic carbocycles. The van der Waals surface area contributed by atoms with Crippen molar-refractivity contribution < 1.29 is 14.0 Å². The van der Waals surface area contributed by atoms with Crippen molar-refractivity contribution in [1.29, 1.82) is 0 Å². The zero-order chi connectivity index (χ0) is 16.6. The van der Waals surface area contributed by atoms with Gasteiger partial charge in [0.1, 0.15) is 5.82 Å². The lowest BCUT2D eigenvalue weighted by Crippen LogP contribution is -2.26. The first kappa shape index (κ1) is 15.2. The molecule has 1 aliphatic heterocycles. The van der Waals surface area contributed by atoms with Crippen LogP contribution in [-0.2, 0) is 11.2 Å². The number of likely N-dealkylation sites (N-methyl/N-ethyl adjacent to an activating group) is 1. The number of halogens is 1. The van der Waals surface area contributed by atoms with E-state index in [1.165, 1.54) is 12.1 Å². The molecule has 1 aliphatic rings. The number of anilines is 1. The third kappa shape index (κ3) is 2.95. The minimum atomic E-state index is -0.306. The maximum Gasteiger partial charge on any atom is 0.251 e. The van der Waals surface area contributed by atoms with Crippen molar-refractivity contribution in [2.24, 2.45) is 0 Å². The summed E-state index contributed by atoms with van der Waals surface area (Å²) in [6.07, 6.45) is 0.320. The third-order valence-corrected chi connectivity index (χ3v) is 4.14. The van der Waals surface area contributed by atoms with Crippen molar-refractivity contribution >= 4 is 17.5 Å². The van der Waals surface area contributed by atoms with Gasteiger partial charge < -0.3 is 10.2 Å². The average molecular weight is 312 g/mol. The molecule has 118 valence electrons. The quantitative estimate of drug-likeness (QED) is 0.947. The van der Waals surface area contributed by atoms with Crippen molar-refractivity contribution in [3.63, 3.8) is 0 Å². The number of fused-ring (bicyclic) bond motifs is 1. The number of carbonyl (C=O) groups excluding carboxylic acids is 2. The lowest BCUT2D eigenvalue weighted by molar-refractivity contribution is -0.117. The summed E-state index contributed by atoms with van der Waals surface area (Å²) in [4.78, 5) is 25.7. The topological polar surface area (TPSA) is 49.4 Å². The molecule has 2 aromatic rings. The number of rotatable bonds is 3. The predicted octanol–water partition coefficient (Wildman–Crippen LogP) is 2.84. The van der Waals surface area contributed by atoms with Gasteiger partial charge in [0.15, 0.2) is 0 Å². The molecule has 23 heavy (non-hydrogen) atoms. The van der Waals surface area contributed by atoms with E-state index in [9.17, 15) is 14.0 Å². The molecule has 3 rings (SSSR count). The van der Waals surface area contributed by atoms with Crippen LogP contribution >= 0.6 is 0 Å². The van der Waals surface area contributed by atoms with Gasteiger partial charge in [0.25, 0.3) is 5.91 Å². The molecule has 0 radical (unpaired) electrons. The van der Waals surface area contributed by atoms with Gasteiger partial charge in [0.05, 0.1) is 12.5 Å². The number of hydrogen-bond acceptors (Lipinski definition) is 2. The van der Waals surface area contributed by atoms with E-state index in [1.54, 1.807) is 42.3 Å². The highest BCUT2D eigenvalue weighted by Crippen LogP contribution is 2.28. The van der Waals surface area contributed by atoms with E-state index < -0.39 is 0 Å². The summed E-state index contributed by atoms with van der Waals surface area (Å²) in [6, 6.07) is 11.1. The van der Waals surface area contributed by atoms with Gasteiger partial charge >= 0.3 is 0 Å². The maximum absolute atomic E-state index is 12.9. The highest BCUT2D eigenvalue weighted by Gasteiger charge is 2.25. The second kappa shape index (κ2) is 5.83. The van der Waals surface area contributed by atoms with Crippen LogP contribution in [0, 0.1) is 5.82 Å². The Balaban J connectivity index is 1.75. The average Bonchev–Trinajstić information content (AvgIpc) is 2.82. The van der Waals surface area contributed by atoms with Gasteiger partial charge in [0.2, 0.25) is 5.91 Å². The first-order chi connectivity index (χ1) is 11.0. The first-order valence-corrected chi connectivity index (χ1v) is 7.41. The predicted molar refractivity (Wildman–Crippen MR) is 85.8 cm³/mol. The molecule has 0 unspecified atom stereocenters. The molecule has 0 saturated carbocycles. The highest BCUT2D eigenvalue weighted by molar-refractivity contribution is 6.03. The molecule has 0 bridgehead atoms. The molecule has 1 N–H and O–H groups in total. The van der Waals surface area contributed by atoms with Crippen LogP contribution in [-0.4, -0.2) is 18.9 Å². The Hall–Kier alpha value is -2.69. The molecular weight excluding hydrogens is 295 g/mol. The Bertz CT molecular complexity index is 771. The van der Waals surface area contributed by atoms with Gasteiger partial charge in [-0.3, -0.25) is 9.59 Å². The van der Waals surface area contributed by atoms with E-state index in [1.807, 2.05) is 6.92 Å². The van der Waals surface area contributed by atoms with Gasteiger partial charge in [-0.1, -0.05) is 12.1 Å². The molecule has 1 atom stereocenters. The smallest absolute Gasteiger partial charge is 0.251 e. The molecule has 0 fully saturated rings. The van der Waals surface area contributed by atoms with Gasteiger partial charge in [-0.25, -0.2) is 4.39 Å². The van der Waals surface area contributed by atoms with E-state index in [0.29, 0.717) is 12.0 Å². The Labute approximate surface area is 133 Å². The number of carbonyl (C=O) groups is 2. The van der Waals surface area contributed by atoms with Crippen LogP contribution in [0.4, 0.5) is 10.1 Å². The van der Waals surface area contributed by atoms with E-state index >= 15 is 0 Å². The fourth-order valence-electron chi connectivity index (χ4n) is 2.73. The summed E-state index contributed by atoms with van der Waals surface area (Å²) in [5.41, 5.74) is 3.05. The summed E-state index contributed by atoms with van der Waals surface area (Å²) in [7, 11) is 1.73. The van der Waals surface area contributed by atoms with Crippen LogP contribution in [0.15, 0.2) is 42.5 Å². The number of amides is 2. The maximum atomic E-state index is 12.9. The molecule has 0 aromatic heterocycles. The lowest BCUT2D eigenvalue weighted by Gasteiger charge is -2.15. The number of nitrogens with one attached hydrogen (secondary N) is 1. The van der Waals surface area contributed by atoms with Crippen LogP contribution in [0.3, 0.4) is 0 Å². The van der Waals surface area contributed by atoms with Crippen LogP contribution in [0.25, 0.3) is 0 Å². The van der Waals surface area contributed by atoms with Crippen molar-refractivity contribution in [3.05, 3.63) is 65.0 Å². The summed E-state index contributed by atoms with van der Waals surface area (Å²) in [5.74, 6) is -0.497. The summed E-state index contributed by atoms with van der Waals surface area (Å²) < 4.78 is 12.9. The van der Waals surface area contributed by atoms with Crippen LogP contribution in [0.5, 0.6) is 0 Å². The molecule has 0 aliphatic carbocycles. The van der Waals surface area contributed by atoms with Crippen molar-refractivity contribution in [3.8, 4) is 0 Å². The molecule has 0 spiro atoms. The zero-order valence-corrected chi connectivity index (χ0v) is 13.0. The minimum absolute atomic E-state index is 0.0252. The second-order valence-electron chi connectivity index (χ2n) is 5.72. The fraction of sp³-hybridized carbons (Fsp3) is 0.222. The Morgan fingerprint density at radius 2 is 1.91 bits per heavy atom. The van der Waals surface area contributed by atoms with Crippen molar-refractivity contribution in [2.45, 2.75) is 19.4 Å². The van der Waals surface area contributed by atoms with Gasteiger partial charge in [-0.15, -0.1) is 0 Å². The fourth-order valence-corrected chi connectivity index (χ4v) is 2.73. The monoisotopic (exact) mass is 312 g/mol. The Morgan fingerprint density at radius 3 is 2.61 bits per heavy atom. The largest absolute Gasteiger partial charge is 0.346 e. The summed E-state index contributed by atoms with van der Waals surface area (Å²) >= 11 is 0. The summed E-state index contributed by atoms with van der Waals surface area (Å²) in [6.45, 7) is 1.84. The zero-order valence-electron chi connectivity index (χ0n) is 13.0. The molecule has 4 nitrogen and oxygen atoms in total. The van der Waals surface area contributed by atoms with E-state index in [-0.39, 0.29) is 23.7 Å². The van der Waals surface area contributed by atoms with Crippen LogP contribution in [0.2, 0.25) is 0 Å².